The highest BCUT2D eigenvalue weighted by molar-refractivity contribution is 7.40. The highest BCUT2D eigenvalue weighted by Crippen LogP contribution is 2.26. The fourth-order valence-corrected chi connectivity index (χ4v) is 8.46. The van der Waals surface area contributed by atoms with Gasteiger partial charge in [-0.3, -0.25) is 9.80 Å². The van der Waals surface area contributed by atoms with Gasteiger partial charge >= 0.3 is 12.2 Å². The van der Waals surface area contributed by atoms with Crippen LogP contribution in [-0.2, 0) is 0 Å². The topological polar surface area (TPSA) is 81.1 Å². The van der Waals surface area contributed by atoms with Gasteiger partial charge in [-0.25, -0.2) is 9.59 Å². The molecule has 6 nitrogen and oxygen atoms in total. The van der Waals surface area contributed by atoms with E-state index in [-0.39, 0.29) is 0 Å². The minimum absolute atomic E-state index is 0.567. The first-order chi connectivity index (χ1) is 16.7. The van der Waals surface area contributed by atoms with Crippen molar-refractivity contribution >= 4 is 57.6 Å². The third-order valence-corrected chi connectivity index (χ3v) is 11.3. The molecule has 190 valence electrons. The van der Waals surface area contributed by atoms with Crippen LogP contribution in [0.25, 0.3) is 0 Å². The molecule has 8 heteroatoms. The normalized spacial score (nSPS) is 12.2. The van der Waals surface area contributed by atoms with Gasteiger partial charge in [0.2, 0.25) is 7.38 Å². The first kappa shape index (κ1) is 27.3. The van der Waals surface area contributed by atoms with Crippen LogP contribution >= 0.6 is 11.1 Å². The van der Waals surface area contributed by atoms with Crippen LogP contribution in [0.5, 0.6) is 0 Å². The minimum Gasteiger partial charge on any atom is -0.465 e. The van der Waals surface area contributed by atoms with Crippen LogP contribution in [-0.4, -0.2) is 40.9 Å². The maximum Gasteiger partial charge on any atom is 0.412 e. The maximum atomic E-state index is 11.9. The smallest absolute Gasteiger partial charge is 0.412 e. The summed E-state index contributed by atoms with van der Waals surface area (Å²) < 4.78 is 0. The number of hydrogen-bond donors (Lipinski definition) is 2. The first-order valence-corrected chi connectivity index (χ1v) is 14.7. The van der Waals surface area contributed by atoms with Crippen molar-refractivity contribution in [2.24, 2.45) is 0 Å². The number of anilines is 2. The molecule has 0 saturated carbocycles. The first-order valence-electron chi connectivity index (χ1n) is 11.7. The Morgan fingerprint density at radius 2 is 0.917 bits per heavy atom. The van der Waals surface area contributed by atoms with Crippen molar-refractivity contribution in [2.75, 3.05) is 9.80 Å². The average Bonchev–Trinajstić information content (AvgIpc) is 2.78. The average molecular weight is 525 g/mol. The van der Waals surface area contributed by atoms with Gasteiger partial charge in [0, 0.05) is 22.5 Å². The number of amides is 2. The Kier molecular flexibility index (Phi) is 7.57. The standard InChI is InChI=1S/C28H33ClN2O4Si/c1-27(2,3)30(25(32)33)20-12-16-23(17-13-20)36(29,22-10-8-7-9-11-22)24-18-14-21(15-19-24)31(26(34)35)28(4,5)6/h7-19H,1-6H3,(H,32,33)(H,34,35). The number of carboxylic acid groups (broad SMARTS) is 2. The van der Waals surface area contributed by atoms with E-state index in [1.807, 2.05) is 96.1 Å². The van der Waals surface area contributed by atoms with Crippen molar-refractivity contribution in [3.8, 4) is 0 Å². The minimum atomic E-state index is -3.00. The number of rotatable bonds is 5. The van der Waals surface area contributed by atoms with Gasteiger partial charge in [0.15, 0.2) is 0 Å². The van der Waals surface area contributed by atoms with E-state index in [4.69, 9.17) is 11.1 Å². The molecule has 0 unspecified atom stereocenters. The second-order valence-electron chi connectivity index (χ2n) is 10.7. The summed E-state index contributed by atoms with van der Waals surface area (Å²) in [6.45, 7) is 11.1. The van der Waals surface area contributed by atoms with Crippen molar-refractivity contribution in [1.29, 1.82) is 0 Å². The molecule has 0 saturated heterocycles. The molecule has 0 aliphatic rings. The zero-order chi connectivity index (χ0) is 26.9. The maximum absolute atomic E-state index is 11.9. The van der Waals surface area contributed by atoms with Crippen LogP contribution in [0.2, 0.25) is 0 Å². The molecule has 36 heavy (non-hydrogen) atoms. The van der Waals surface area contributed by atoms with Crippen LogP contribution in [0, 0.1) is 0 Å². The molecular formula is C28H33ClN2O4Si. The highest BCUT2D eigenvalue weighted by Gasteiger charge is 2.39. The molecule has 3 rings (SSSR count). The molecule has 0 aromatic heterocycles. The van der Waals surface area contributed by atoms with Crippen LogP contribution in [0.3, 0.4) is 0 Å². The summed E-state index contributed by atoms with van der Waals surface area (Å²) in [6, 6.07) is 24.6. The van der Waals surface area contributed by atoms with Crippen LogP contribution in [0.15, 0.2) is 78.9 Å². The van der Waals surface area contributed by atoms with Crippen molar-refractivity contribution in [2.45, 2.75) is 52.6 Å². The summed E-state index contributed by atoms with van der Waals surface area (Å²) in [4.78, 5) is 26.5. The zero-order valence-corrected chi connectivity index (χ0v) is 23.2. The molecule has 3 aromatic carbocycles. The van der Waals surface area contributed by atoms with Crippen LogP contribution in [0.1, 0.15) is 41.5 Å². The van der Waals surface area contributed by atoms with Gasteiger partial charge in [0.05, 0.1) is 0 Å². The van der Waals surface area contributed by atoms with Gasteiger partial charge in [-0.15, -0.1) is 11.1 Å². The quantitative estimate of drug-likeness (QED) is 0.264. The second kappa shape index (κ2) is 9.99. The third kappa shape index (κ3) is 5.42. The van der Waals surface area contributed by atoms with Gasteiger partial charge in [-0.05, 0) is 81.4 Å². The predicted octanol–water partition coefficient (Wildman–Crippen LogP) is 5.46. The summed E-state index contributed by atoms with van der Waals surface area (Å²) in [5.74, 6) is 0. The van der Waals surface area contributed by atoms with Gasteiger partial charge in [0.25, 0.3) is 0 Å². The number of halogens is 1. The Bertz CT molecular complexity index is 1140. The Morgan fingerprint density at radius 3 is 1.19 bits per heavy atom. The van der Waals surface area contributed by atoms with Crippen molar-refractivity contribution in [1.82, 2.24) is 0 Å². The molecule has 0 heterocycles. The van der Waals surface area contributed by atoms with Crippen LogP contribution in [0.4, 0.5) is 21.0 Å². The van der Waals surface area contributed by atoms with E-state index in [1.165, 1.54) is 9.80 Å². The lowest BCUT2D eigenvalue weighted by molar-refractivity contribution is 0.194. The van der Waals surface area contributed by atoms with E-state index >= 15 is 0 Å². The SMILES string of the molecule is CC(C)(C)N(C(=O)O)c1ccc([Si](Cl)(c2ccccc2)c2ccc(N(C(=O)O)C(C)(C)C)cc2)cc1. The summed E-state index contributed by atoms with van der Waals surface area (Å²) in [5, 5.41) is 22.3. The molecule has 0 bridgehead atoms. The number of benzene rings is 3. The molecular weight excluding hydrogens is 492 g/mol. The van der Waals surface area contributed by atoms with Crippen molar-refractivity contribution < 1.29 is 19.8 Å². The van der Waals surface area contributed by atoms with Crippen molar-refractivity contribution in [3.63, 3.8) is 0 Å². The van der Waals surface area contributed by atoms with Crippen molar-refractivity contribution in [3.05, 3.63) is 78.9 Å². The van der Waals surface area contributed by atoms with Gasteiger partial charge in [-0.1, -0.05) is 54.6 Å². The predicted molar refractivity (Wildman–Crippen MR) is 150 cm³/mol. The van der Waals surface area contributed by atoms with E-state index in [0.717, 1.165) is 15.6 Å². The lowest BCUT2D eigenvalue weighted by atomic mass is 10.1. The molecule has 0 radical (unpaired) electrons. The Hall–Kier alpha value is -3.29. The molecule has 2 amide bonds. The monoisotopic (exact) mass is 524 g/mol. The zero-order valence-electron chi connectivity index (χ0n) is 21.5. The van der Waals surface area contributed by atoms with E-state index in [2.05, 4.69) is 0 Å². The lowest BCUT2D eigenvalue weighted by Crippen LogP contribution is -2.62. The van der Waals surface area contributed by atoms with E-state index < -0.39 is 30.6 Å². The molecule has 0 fully saturated rings. The fraction of sp³-hybridized carbons (Fsp3) is 0.286. The lowest BCUT2D eigenvalue weighted by Gasteiger charge is -2.34. The van der Waals surface area contributed by atoms with Gasteiger partial charge in [0.1, 0.15) is 0 Å². The molecule has 0 aliphatic carbocycles. The van der Waals surface area contributed by atoms with Crippen LogP contribution < -0.4 is 25.4 Å². The number of hydrogen-bond acceptors (Lipinski definition) is 2. The summed E-state index contributed by atoms with van der Waals surface area (Å²) in [6.07, 6.45) is -2.05. The third-order valence-electron chi connectivity index (χ3n) is 5.94. The van der Waals surface area contributed by atoms with Gasteiger partial charge < -0.3 is 10.2 Å². The van der Waals surface area contributed by atoms with E-state index in [9.17, 15) is 19.8 Å². The Labute approximate surface area is 218 Å². The molecule has 0 atom stereocenters. The Morgan fingerprint density at radius 1 is 0.611 bits per heavy atom. The highest BCUT2D eigenvalue weighted by atomic mass is 35.6. The van der Waals surface area contributed by atoms with E-state index in [1.54, 1.807) is 24.3 Å². The summed E-state index contributed by atoms with van der Waals surface area (Å²) >= 11 is 7.56. The molecule has 0 aliphatic heterocycles. The summed E-state index contributed by atoms with van der Waals surface area (Å²) in [7, 11) is -3.00. The molecule has 3 aromatic rings. The summed E-state index contributed by atoms with van der Waals surface area (Å²) in [5.41, 5.74) is -0.0857. The Balaban J connectivity index is 2.13. The largest absolute Gasteiger partial charge is 0.465 e. The number of nitrogens with zero attached hydrogens (tertiary/aromatic N) is 2. The fourth-order valence-electron chi connectivity index (χ4n) is 4.42. The molecule has 2 N–H and O–H groups in total. The molecule has 0 spiro atoms. The van der Waals surface area contributed by atoms with Gasteiger partial charge in [-0.2, -0.15) is 0 Å². The van der Waals surface area contributed by atoms with E-state index in [0.29, 0.717) is 11.4 Å². The second-order valence-corrected chi connectivity index (χ2v) is 15.4. The number of carbonyl (C=O) groups is 2.